The first kappa shape index (κ1) is 13.3. The van der Waals surface area contributed by atoms with Gasteiger partial charge in [-0.3, -0.25) is 4.68 Å². The van der Waals surface area contributed by atoms with Crippen molar-refractivity contribution in [1.29, 1.82) is 0 Å². The minimum atomic E-state index is 0.407. The van der Waals surface area contributed by atoms with E-state index < -0.39 is 0 Å². The van der Waals surface area contributed by atoms with E-state index in [1.165, 1.54) is 9.71 Å². The average molecular weight is 286 g/mol. The highest BCUT2D eigenvalue weighted by molar-refractivity contribution is 7.18. The fraction of sp³-hybridized carbons (Fsp3) is 0.333. The molecule has 0 fully saturated rings. The van der Waals surface area contributed by atoms with Crippen molar-refractivity contribution in [1.82, 2.24) is 20.1 Å². The van der Waals surface area contributed by atoms with Crippen LogP contribution in [-0.4, -0.2) is 27.4 Å². The summed E-state index contributed by atoms with van der Waals surface area (Å²) >= 11 is 1.79. The second-order valence-corrected chi connectivity index (χ2v) is 6.02. The third-order valence-electron chi connectivity index (χ3n) is 3.19. The van der Waals surface area contributed by atoms with Crippen LogP contribution in [0.4, 0.5) is 0 Å². The molecule has 3 aromatic rings. The smallest absolute Gasteiger partial charge is 0.0951 e. The van der Waals surface area contributed by atoms with Crippen LogP contribution in [0.5, 0.6) is 0 Å². The molecule has 2 aromatic heterocycles. The van der Waals surface area contributed by atoms with Gasteiger partial charge in [0, 0.05) is 31.4 Å². The van der Waals surface area contributed by atoms with E-state index in [0.29, 0.717) is 6.04 Å². The molecule has 4 nitrogen and oxygen atoms in total. The molecule has 0 aliphatic rings. The number of hydrogen-bond acceptors (Lipinski definition) is 4. The molecule has 0 aliphatic carbocycles. The lowest BCUT2D eigenvalue weighted by molar-refractivity contribution is 0.454. The standard InChI is InChI=1S/C15H18N4S/c1-12(11-19-10-4-8-17-19)16-9-7-15-18-13-5-2-3-6-14(13)20-15/h2-6,8,10,12,16H,7,9,11H2,1H3. The van der Waals surface area contributed by atoms with Gasteiger partial charge >= 0.3 is 0 Å². The molecule has 0 radical (unpaired) electrons. The number of fused-ring (bicyclic) bond motifs is 1. The maximum atomic E-state index is 4.65. The lowest BCUT2D eigenvalue weighted by Gasteiger charge is -2.13. The van der Waals surface area contributed by atoms with Gasteiger partial charge in [0.2, 0.25) is 0 Å². The highest BCUT2D eigenvalue weighted by atomic mass is 32.1. The summed E-state index contributed by atoms with van der Waals surface area (Å²) in [6.07, 6.45) is 4.78. The Labute approximate surface area is 122 Å². The summed E-state index contributed by atoms with van der Waals surface area (Å²) in [5, 5.41) is 8.94. The first-order chi connectivity index (χ1) is 9.81. The van der Waals surface area contributed by atoms with E-state index in [1.54, 1.807) is 11.3 Å². The first-order valence-electron chi connectivity index (χ1n) is 6.86. The van der Waals surface area contributed by atoms with Gasteiger partial charge in [0.25, 0.3) is 0 Å². The summed E-state index contributed by atoms with van der Waals surface area (Å²) in [5.41, 5.74) is 1.11. The third kappa shape index (κ3) is 3.23. The zero-order valence-electron chi connectivity index (χ0n) is 11.5. The van der Waals surface area contributed by atoms with Crippen LogP contribution in [0.15, 0.2) is 42.7 Å². The molecule has 3 rings (SSSR count). The Hall–Kier alpha value is -1.72. The van der Waals surface area contributed by atoms with Crippen molar-refractivity contribution in [3.05, 3.63) is 47.7 Å². The summed E-state index contributed by atoms with van der Waals surface area (Å²) in [6, 6.07) is 10.7. The summed E-state index contributed by atoms with van der Waals surface area (Å²) in [5.74, 6) is 0. The van der Waals surface area contributed by atoms with Crippen LogP contribution in [0.25, 0.3) is 10.2 Å². The quantitative estimate of drug-likeness (QED) is 0.757. The van der Waals surface area contributed by atoms with Crippen LogP contribution in [-0.2, 0) is 13.0 Å². The van der Waals surface area contributed by atoms with E-state index in [0.717, 1.165) is 25.0 Å². The van der Waals surface area contributed by atoms with Crippen molar-refractivity contribution in [3.63, 3.8) is 0 Å². The van der Waals surface area contributed by atoms with Crippen LogP contribution in [0, 0.1) is 0 Å². The van der Waals surface area contributed by atoms with Gasteiger partial charge in [0.05, 0.1) is 21.8 Å². The van der Waals surface area contributed by atoms with E-state index in [-0.39, 0.29) is 0 Å². The largest absolute Gasteiger partial charge is 0.312 e. The molecule has 0 amide bonds. The van der Waals surface area contributed by atoms with Crippen molar-refractivity contribution >= 4 is 21.6 Å². The zero-order chi connectivity index (χ0) is 13.8. The molecule has 0 saturated carbocycles. The molecule has 1 aromatic carbocycles. The Balaban J connectivity index is 1.49. The van der Waals surface area contributed by atoms with Crippen LogP contribution in [0.2, 0.25) is 0 Å². The number of benzene rings is 1. The number of nitrogens with one attached hydrogen (secondary N) is 1. The number of aromatic nitrogens is 3. The normalized spacial score (nSPS) is 12.8. The van der Waals surface area contributed by atoms with Gasteiger partial charge in [-0.15, -0.1) is 11.3 Å². The highest BCUT2D eigenvalue weighted by Gasteiger charge is 2.05. The van der Waals surface area contributed by atoms with Gasteiger partial charge in [0.1, 0.15) is 0 Å². The monoisotopic (exact) mass is 286 g/mol. The summed E-state index contributed by atoms with van der Waals surface area (Å²) in [4.78, 5) is 4.65. The van der Waals surface area contributed by atoms with Crippen molar-refractivity contribution in [2.75, 3.05) is 6.54 Å². The number of nitrogens with zero attached hydrogens (tertiary/aromatic N) is 3. The lowest BCUT2D eigenvalue weighted by Crippen LogP contribution is -2.32. The van der Waals surface area contributed by atoms with E-state index in [4.69, 9.17) is 0 Å². The fourth-order valence-corrected chi connectivity index (χ4v) is 3.17. The van der Waals surface area contributed by atoms with Gasteiger partial charge in [-0.2, -0.15) is 5.10 Å². The van der Waals surface area contributed by atoms with Crippen LogP contribution >= 0.6 is 11.3 Å². The lowest BCUT2D eigenvalue weighted by atomic mass is 10.3. The molecule has 1 atom stereocenters. The molecule has 0 aliphatic heterocycles. The van der Waals surface area contributed by atoms with E-state index in [1.807, 2.05) is 29.2 Å². The fourth-order valence-electron chi connectivity index (χ4n) is 2.21. The average Bonchev–Trinajstić information content (AvgIpc) is 3.07. The zero-order valence-corrected chi connectivity index (χ0v) is 12.3. The second-order valence-electron chi connectivity index (χ2n) is 4.91. The summed E-state index contributed by atoms with van der Waals surface area (Å²) in [7, 11) is 0. The molecule has 1 N–H and O–H groups in total. The van der Waals surface area contributed by atoms with Gasteiger partial charge in [-0.1, -0.05) is 12.1 Å². The van der Waals surface area contributed by atoms with Crippen molar-refractivity contribution in [3.8, 4) is 0 Å². The summed E-state index contributed by atoms with van der Waals surface area (Å²) < 4.78 is 3.22. The Bertz CT molecular complexity index is 626. The molecule has 0 spiro atoms. The molecular weight excluding hydrogens is 268 g/mol. The minimum Gasteiger partial charge on any atom is -0.312 e. The topological polar surface area (TPSA) is 42.7 Å². The second kappa shape index (κ2) is 6.15. The number of thiazole rings is 1. The Morgan fingerprint density at radius 2 is 2.20 bits per heavy atom. The maximum Gasteiger partial charge on any atom is 0.0951 e. The van der Waals surface area contributed by atoms with Crippen molar-refractivity contribution < 1.29 is 0 Å². The van der Waals surface area contributed by atoms with E-state index in [2.05, 4.69) is 40.5 Å². The van der Waals surface area contributed by atoms with Crippen LogP contribution < -0.4 is 5.32 Å². The van der Waals surface area contributed by atoms with Crippen LogP contribution in [0.3, 0.4) is 0 Å². The molecule has 104 valence electrons. The predicted octanol–water partition coefficient (Wildman–Crippen LogP) is 2.71. The molecule has 0 saturated heterocycles. The molecule has 20 heavy (non-hydrogen) atoms. The molecular formula is C15H18N4S. The first-order valence-corrected chi connectivity index (χ1v) is 7.68. The van der Waals surface area contributed by atoms with E-state index in [9.17, 15) is 0 Å². The highest BCUT2D eigenvalue weighted by Crippen LogP contribution is 2.21. The number of para-hydroxylation sites is 1. The number of rotatable bonds is 6. The van der Waals surface area contributed by atoms with Gasteiger partial charge in [-0.25, -0.2) is 4.98 Å². The predicted molar refractivity (Wildman–Crippen MR) is 83.0 cm³/mol. The molecule has 5 heteroatoms. The maximum absolute atomic E-state index is 4.65. The van der Waals surface area contributed by atoms with Gasteiger partial charge in [0.15, 0.2) is 0 Å². The Morgan fingerprint density at radius 1 is 1.30 bits per heavy atom. The van der Waals surface area contributed by atoms with Crippen molar-refractivity contribution in [2.45, 2.75) is 25.9 Å². The Kier molecular flexibility index (Phi) is 4.08. The number of hydrogen-bond donors (Lipinski definition) is 1. The SMILES string of the molecule is CC(Cn1cccn1)NCCc1nc2ccccc2s1. The Morgan fingerprint density at radius 3 is 3.00 bits per heavy atom. The minimum absolute atomic E-state index is 0.407. The molecule has 2 heterocycles. The van der Waals surface area contributed by atoms with Crippen LogP contribution in [0.1, 0.15) is 11.9 Å². The molecule has 1 unspecified atom stereocenters. The summed E-state index contributed by atoms with van der Waals surface area (Å²) in [6.45, 7) is 4.02. The van der Waals surface area contributed by atoms with Crippen molar-refractivity contribution in [2.24, 2.45) is 0 Å². The third-order valence-corrected chi connectivity index (χ3v) is 4.29. The van der Waals surface area contributed by atoms with E-state index >= 15 is 0 Å². The van der Waals surface area contributed by atoms with Gasteiger partial charge in [-0.05, 0) is 25.1 Å². The molecule has 0 bridgehead atoms. The van der Waals surface area contributed by atoms with Gasteiger partial charge < -0.3 is 5.32 Å².